The Morgan fingerprint density at radius 3 is 2.71 bits per heavy atom. The van der Waals surface area contributed by atoms with Crippen LogP contribution in [0.2, 0.25) is 5.02 Å². The van der Waals surface area contributed by atoms with Crippen molar-refractivity contribution in [3.8, 4) is 5.69 Å². The van der Waals surface area contributed by atoms with E-state index in [1.165, 1.54) is 22.8 Å². The van der Waals surface area contributed by atoms with E-state index in [1.807, 2.05) is 0 Å². The fraction of sp³-hybridized carbons (Fsp3) is 0. The highest BCUT2D eigenvalue weighted by Crippen LogP contribution is 2.27. The van der Waals surface area contributed by atoms with E-state index in [4.69, 9.17) is 11.6 Å². The van der Waals surface area contributed by atoms with Gasteiger partial charge in [0, 0.05) is 5.02 Å². The Balaban J connectivity index is 2.17. The van der Waals surface area contributed by atoms with E-state index in [0.717, 1.165) is 6.07 Å². The first-order chi connectivity index (χ1) is 10.1. The van der Waals surface area contributed by atoms with Crippen molar-refractivity contribution in [2.24, 2.45) is 0 Å². The lowest BCUT2D eigenvalue weighted by atomic mass is 10.1. The van der Waals surface area contributed by atoms with E-state index in [-0.39, 0.29) is 16.9 Å². The zero-order valence-electron chi connectivity index (χ0n) is 10.4. The third-order valence-electron chi connectivity index (χ3n) is 3.48. The van der Waals surface area contributed by atoms with E-state index < -0.39 is 11.6 Å². The van der Waals surface area contributed by atoms with E-state index in [1.54, 1.807) is 12.1 Å². The molecular weight excluding hydrogens is 295 g/mol. The van der Waals surface area contributed by atoms with Crippen LogP contribution < -0.4 is 5.56 Å². The molecule has 0 aliphatic carbocycles. The molecule has 2 aromatic carbocycles. The highest BCUT2D eigenvalue weighted by Gasteiger charge is 2.30. The first kappa shape index (κ1) is 12.2. The van der Waals surface area contributed by atoms with Gasteiger partial charge in [-0.25, -0.2) is 9.37 Å². The number of carbonyl (C=O) groups excluding carboxylic acids is 1. The lowest BCUT2D eigenvalue weighted by molar-refractivity contribution is 0.103. The smallest absolute Gasteiger partial charge is 0.266 e. The molecule has 0 atom stereocenters. The maximum Gasteiger partial charge on any atom is 0.266 e. The summed E-state index contributed by atoms with van der Waals surface area (Å²) in [7, 11) is 0. The number of carbonyl (C=O) groups is 1. The molecule has 0 saturated heterocycles. The van der Waals surface area contributed by atoms with Gasteiger partial charge < -0.3 is 0 Å². The standard InChI is InChI=1S/C15H6ClFN2O2/c16-7-1-3-9-11(5-7)18-14-13(20)10-6-8(17)2-4-12(10)19(14)15(9)21/h1-6H. The molecule has 0 radical (unpaired) electrons. The van der Waals surface area contributed by atoms with Crippen LogP contribution in [0.5, 0.6) is 0 Å². The second-order valence-electron chi connectivity index (χ2n) is 4.73. The number of halogens is 2. The molecule has 2 heterocycles. The zero-order valence-corrected chi connectivity index (χ0v) is 11.2. The molecule has 4 rings (SSSR count). The Hall–Kier alpha value is -2.53. The predicted molar refractivity (Wildman–Crippen MR) is 75.7 cm³/mol. The molecule has 0 amide bonds. The van der Waals surface area contributed by atoms with Gasteiger partial charge in [0.05, 0.1) is 22.2 Å². The maximum absolute atomic E-state index is 13.3. The average Bonchev–Trinajstić information content (AvgIpc) is 2.72. The van der Waals surface area contributed by atoms with Crippen molar-refractivity contribution < 1.29 is 9.18 Å². The first-order valence-corrected chi connectivity index (χ1v) is 6.51. The molecule has 0 fully saturated rings. The monoisotopic (exact) mass is 300 g/mol. The van der Waals surface area contributed by atoms with Gasteiger partial charge in [-0.05, 0) is 36.4 Å². The maximum atomic E-state index is 13.3. The first-order valence-electron chi connectivity index (χ1n) is 6.13. The van der Waals surface area contributed by atoms with E-state index >= 15 is 0 Å². The molecule has 6 heteroatoms. The Morgan fingerprint density at radius 2 is 1.90 bits per heavy atom. The van der Waals surface area contributed by atoms with Gasteiger partial charge >= 0.3 is 0 Å². The van der Waals surface area contributed by atoms with Gasteiger partial charge in [0.2, 0.25) is 5.78 Å². The molecule has 0 spiro atoms. The van der Waals surface area contributed by atoms with Crippen molar-refractivity contribution in [2.75, 3.05) is 0 Å². The van der Waals surface area contributed by atoms with Gasteiger partial charge in [-0.2, -0.15) is 0 Å². The lowest BCUT2D eigenvalue weighted by Gasteiger charge is -2.05. The van der Waals surface area contributed by atoms with Crippen LogP contribution in [0.1, 0.15) is 16.2 Å². The Morgan fingerprint density at radius 1 is 1.10 bits per heavy atom. The number of benzene rings is 2. The van der Waals surface area contributed by atoms with Crippen LogP contribution in [-0.4, -0.2) is 15.3 Å². The molecule has 1 aliphatic heterocycles. The van der Waals surface area contributed by atoms with Gasteiger partial charge in [-0.15, -0.1) is 0 Å². The molecule has 0 unspecified atom stereocenters. The molecular formula is C15H6ClFN2O2. The summed E-state index contributed by atoms with van der Waals surface area (Å²) >= 11 is 5.88. The molecule has 21 heavy (non-hydrogen) atoms. The summed E-state index contributed by atoms with van der Waals surface area (Å²) in [5, 5.41) is 0.779. The zero-order chi connectivity index (χ0) is 14.7. The number of rotatable bonds is 0. The SMILES string of the molecule is O=C1c2cc(F)ccc2-n2c1nc1cc(Cl)ccc1c2=O. The number of ketones is 1. The third-order valence-corrected chi connectivity index (χ3v) is 3.71. The summed E-state index contributed by atoms with van der Waals surface area (Å²) in [6.45, 7) is 0. The number of hydrogen-bond donors (Lipinski definition) is 0. The minimum absolute atomic E-state index is 0.0182. The van der Waals surface area contributed by atoms with Crippen LogP contribution in [0.4, 0.5) is 4.39 Å². The van der Waals surface area contributed by atoms with Crippen molar-refractivity contribution in [2.45, 2.75) is 0 Å². The Kier molecular flexibility index (Phi) is 2.32. The molecule has 4 nitrogen and oxygen atoms in total. The normalized spacial score (nSPS) is 12.6. The highest BCUT2D eigenvalue weighted by molar-refractivity contribution is 6.31. The molecule has 3 aromatic rings. The van der Waals surface area contributed by atoms with Crippen LogP contribution >= 0.6 is 11.6 Å². The summed E-state index contributed by atoms with van der Waals surface area (Å²) in [5.41, 5.74) is 0.470. The van der Waals surface area contributed by atoms with Gasteiger partial charge in [-0.3, -0.25) is 14.2 Å². The van der Waals surface area contributed by atoms with E-state index in [2.05, 4.69) is 4.98 Å². The quantitative estimate of drug-likeness (QED) is 0.502. The van der Waals surface area contributed by atoms with Crippen LogP contribution in [0.25, 0.3) is 16.6 Å². The van der Waals surface area contributed by atoms with Gasteiger partial charge in [0.15, 0.2) is 5.82 Å². The summed E-state index contributed by atoms with van der Waals surface area (Å²) in [4.78, 5) is 29.1. The molecule has 1 aliphatic rings. The van der Waals surface area contributed by atoms with Gasteiger partial charge in [0.25, 0.3) is 5.56 Å². The van der Waals surface area contributed by atoms with Crippen LogP contribution in [0.15, 0.2) is 41.2 Å². The molecule has 1 aromatic heterocycles. The molecule has 0 N–H and O–H groups in total. The summed E-state index contributed by atoms with van der Waals surface area (Å²) < 4.78 is 14.5. The number of fused-ring (bicyclic) bond motifs is 4. The second-order valence-corrected chi connectivity index (χ2v) is 5.16. The minimum atomic E-state index is -0.532. The fourth-order valence-corrected chi connectivity index (χ4v) is 2.71. The average molecular weight is 301 g/mol. The minimum Gasteiger partial charge on any atom is -0.285 e. The number of aromatic nitrogens is 2. The van der Waals surface area contributed by atoms with E-state index in [9.17, 15) is 14.0 Å². The highest BCUT2D eigenvalue weighted by atomic mass is 35.5. The third kappa shape index (κ3) is 1.58. The fourth-order valence-electron chi connectivity index (χ4n) is 2.54. The second kappa shape index (κ2) is 3.99. The van der Waals surface area contributed by atoms with Crippen LogP contribution in [0, 0.1) is 5.82 Å². The number of nitrogens with zero attached hydrogens (tertiary/aromatic N) is 2. The summed E-state index contributed by atoms with van der Waals surface area (Å²) in [6, 6.07) is 8.40. The topological polar surface area (TPSA) is 52.0 Å². The van der Waals surface area contributed by atoms with Crippen LogP contribution in [-0.2, 0) is 0 Å². The van der Waals surface area contributed by atoms with Crippen molar-refractivity contribution >= 4 is 28.3 Å². The summed E-state index contributed by atoms with van der Waals surface area (Å²) in [5.74, 6) is -1.02. The predicted octanol–water partition coefficient (Wildman–Crippen LogP) is 2.72. The van der Waals surface area contributed by atoms with Gasteiger partial charge in [0.1, 0.15) is 5.82 Å². The largest absolute Gasteiger partial charge is 0.285 e. The Labute approximate surface area is 122 Å². The number of hydrogen-bond acceptors (Lipinski definition) is 3. The van der Waals surface area contributed by atoms with Crippen molar-refractivity contribution in [3.63, 3.8) is 0 Å². The Bertz CT molecular complexity index is 1010. The van der Waals surface area contributed by atoms with E-state index in [0.29, 0.717) is 21.6 Å². The molecule has 0 bridgehead atoms. The summed E-state index contributed by atoms with van der Waals surface area (Å²) in [6.07, 6.45) is 0. The molecule has 102 valence electrons. The lowest BCUT2D eigenvalue weighted by Crippen LogP contribution is -2.21. The van der Waals surface area contributed by atoms with Crippen molar-refractivity contribution in [1.29, 1.82) is 0 Å². The van der Waals surface area contributed by atoms with Gasteiger partial charge in [-0.1, -0.05) is 11.6 Å². The molecule has 0 saturated carbocycles. The van der Waals surface area contributed by atoms with Crippen molar-refractivity contribution in [1.82, 2.24) is 9.55 Å². The van der Waals surface area contributed by atoms with Crippen LogP contribution in [0.3, 0.4) is 0 Å². The van der Waals surface area contributed by atoms with Crippen molar-refractivity contribution in [3.05, 3.63) is 69.0 Å².